The lowest BCUT2D eigenvalue weighted by molar-refractivity contribution is -0.144. The fourth-order valence-corrected chi connectivity index (χ4v) is 0.528. The van der Waals surface area contributed by atoms with Gasteiger partial charge in [0.1, 0.15) is 0 Å². The monoisotopic (exact) mass is 149 g/mol. The highest BCUT2D eigenvalue weighted by Crippen LogP contribution is 1.98. The molecule has 0 heterocycles. The highest BCUT2D eigenvalue weighted by Gasteiger charge is 2.03. The molecule has 0 spiro atoms. The van der Waals surface area contributed by atoms with Crippen LogP contribution < -0.4 is 0 Å². The fourth-order valence-electron chi connectivity index (χ4n) is 0.428. The summed E-state index contributed by atoms with van der Waals surface area (Å²) in [6.07, 6.45) is 2.13. The van der Waals surface area contributed by atoms with Gasteiger partial charge in [-0.05, 0) is 19.2 Å². The van der Waals surface area contributed by atoms with Gasteiger partial charge in [0.05, 0.1) is 0 Å². The molecule has 0 bridgehead atoms. The predicted molar refractivity (Wildman–Crippen MR) is 37.1 cm³/mol. The van der Waals surface area contributed by atoms with E-state index in [1.165, 1.54) is 0 Å². The number of carbonyl (C=O) groups excluding carboxylic acids is 1. The summed E-state index contributed by atoms with van der Waals surface area (Å²) in [5, 5.41) is 8.40. The van der Waals surface area contributed by atoms with Crippen molar-refractivity contribution >= 4 is 18.7 Å². The van der Waals surface area contributed by atoms with Gasteiger partial charge < -0.3 is 0 Å². The van der Waals surface area contributed by atoms with Crippen LogP contribution in [0.15, 0.2) is 0 Å². The zero-order valence-corrected chi connectivity index (χ0v) is 6.27. The van der Waals surface area contributed by atoms with E-state index in [1.807, 2.05) is 6.92 Å². The standard InChI is InChI=1S/C5H11NO2S/c1-2-3-4-5(7)6(8)9/h8-9H,2-4H2,1H3. The Morgan fingerprint density at radius 3 is 2.67 bits per heavy atom. The molecule has 0 aliphatic heterocycles. The lowest BCUT2D eigenvalue weighted by atomic mass is 10.2. The molecule has 4 heteroatoms. The van der Waals surface area contributed by atoms with Gasteiger partial charge in [0, 0.05) is 6.42 Å². The van der Waals surface area contributed by atoms with Crippen LogP contribution >= 0.6 is 12.8 Å². The molecule has 0 radical (unpaired) electrons. The molecular weight excluding hydrogens is 138 g/mol. The van der Waals surface area contributed by atoms with Crippen molar-refractivity contribution in [2.45, 2.75) is 26.2 Å². The molecule has 0 saturated carbocycles. The molecule has 0 rings (SSSR count). The van der Waals surface area contributed by atoms with Crippen molar-refractivity contribution < 1.29 is 10.0 Å². The molecule has 3 nitrogen and oxygen atoms in total. The summed E-state index contributed by atoms with van der Waals surface area (Å²) in [7, 11) is 0. The summed E-state index contributed by atoms with van der Waals surface area (Å²) < 4.78 is 0.329. The van der Waals surface area contributed by atoms with E-state index in [2.05, 4.69) is 12.8 Å². The van der Waals surface area contributed by atoms with E-state index < -0.39 is 0 Å². The maximum Gasteiger partial charge on any atom is 0.256 e. The van der Waals surface area contributed by atoms with Crippen molar-refractivity contribution in [1.82, 2.24) is 4.47 Å². The first-order valence-electron chi connectivity index (χ1n) is 2.89. The van der Waals surface area contributed by atoms with Crippen LogP contribution in [0.2, 0.25) is 0 Å². The van der Waals surface area contributed by atoms with Crippen LogP contribution in [-0.4, -0.2) is 15.6 Å². The van der Waals surface area contributed by atoms with Gasteiger partial charge in [-0.1, -0.05) is 13.3 Å². The Balaban J connectivity index is 3.28. The second-order valence-corrected chi connectivity index (χ2v) is 2.17. The summed E-state index contributed by atoms with van der Waals surface area (Å²) in [6.45, 7) is 1.98. The van der Waals surface area contributed by atoms with Crippen molar-refractivity contribution in [3.05, 3.63) is 0 Å². The van der Waals surface area contributed by atoms with Crippen LogP contribution in [0.3, 0.4) is 0 Å². The van der Waals surface area contributed by atoms with Crippen LogP contribution in [0, 0.1) is 0 Å². The van der Waals surface area contributed by atoms with Crippen molar-refractivity contribution in [2.75, 3.05) is 0 Å². The van der Waals surface area contributed by atoms with E-state index in [0.717, 1.165) is 12.8 Å². The zero-order valence-electron chi connectivity index (χ0n) is 5.37. The first kappa shape index (κ1) is 8.78. The van der Waals surface area contributed by atoms with Crippen molar-refractivity contribution in [2.24, 2.45) is 0 Å². The molecule has 0 fully saturated rings. The first-order valence-corrected chi connectivity index (χ1v) is 3.29. The van der Waals surface area contributed by atoms with Crippen molar-refractivity contribution in [1.29, 1.82) is 0 Å². The van der Waals surface area contributed by atoms with Crippen LogP contribution in [0.1, 0.15) is 26.2 Å². The average molecular weight is 149 g/mol. The second kappa shape index (κ2) is 4.64. The maximum atomic E-state index is 10.5. The second-order valence-electron chi connectivity index (χ2n) is 1.79. The van der Waals surface area contributed by atoms with Gasteiger partial charge in [0.15, 0.2) is 0 Å². The van der Waals surface area contributed by atoms with Crippen LogP contribution in [0.4, 0.5) is 0 Å². The molecule has 1 N–H and O–H groups in total. The van der Waals surface area contributed by atoms with E-state index in [-0.39, 0.29) is 5.91 Å². The molecule has 0 unspecified atom stereocenters. The smallest absolute Gasteiger partial charge is 0.256 e. The summed E-state index contributed by atoms with van der Waals surface area (Å²) in [5.41, 5.74) is 0. The third-order valence-corrected chi connectivity index (χ3v) is 1.19. The summed E-state index contributed by atoms with van der Waals surface area (Å²) >= 11 is 3.41. The van der Waals surface area contributed by atoms with E-state index in [0.29, 0.717) is 10.9 Å². The molecule has 0 aromatic carbocycles. The number of rotatable bonds is 3. The summed E-state index contributed by atoms with van der Waals surface area (Å²) in [6, 6.07) is 0. The molecule has 0 aromatic heterocycles. The van der Waals surface area contributed by atoms with E-state index in [1.54, 1.807) is 0 Å². The molecule has 0 aliphatic rings. The Labute approximate surface area is 60.2 Å². The SMILES string of the molecule is CCCCC(=O)N(O)S. The molecule has 1 amide bonds. The van der Waals surface area contributed by atoms with Gasteiger partial charge in [-0.2, -0.15) is 4.47 Å². The summed E-state index contributed by atoms with van der Waals surface area (Å²) in [4.78, 5) is 10.5. The Morgan fingerprint density at radius 1 is 1.78 bits per heavy atom. The van der Waals surface area contributed by atoms with Crippen molar-refractivity contribution in [3.8, 4) is 0 Å². The average Bonchev–Trinajstić information content (AvgIpc) is 1.82. The third kappa shape index (κ3) is 4.29. The normalized spacial score (nSPS) is 9.22. The minimum absolute atomic E-state index is 0.329. The molecule has 0 saturated heterocycles. The lowest BCUT2D eigenvalue weighted by Crippen LogP contribution is -2.16. The van der Waals surface area contributed by atoms with E-state index in [4.69, 9.17) is 5.21 Å². The summed E-state index contributed by atoms with van der Waals surface area (Å²) in [5.74, 6) is -0.347. The lowest BCUT2D eigenvalue weighted by Gasteiger charge is -2.04. The number of hydroxylamine groups is 1. The molecule has 54 valence electrons. The molecule has 0 aliphatic carbocycles. The van der Waals surface area contributed by atoms with E-state index >= 15 is 0 Å². The minimum Gasteiger partial charge on any atom is -0.275 e. The number of carbonyl (C=O) groups is 1. The van der Waals surface area contributed by atoms with Crippen molar-refractivity contribution in [3.63, 3.8) is 0 Å². The number of thiol groups is 1. The fraction of sp³-hybridized carbons (Fsp3) is 0.800. The Hall–Kier alpha value is -0.220. The minimum atomic E-state index is -0.347. The molecule has 0 aromatic rings. The highest BCUT2D eigenvalue weighted by molar-refractivity contribution is 7.78. The van der Waals surface area contributed by atoms with Gasteiger partial charge in [0.25, 0.3) is 5.91 Å². The Morgan fingerprint density at radius 2 is 2.33 bits per heavy atom. The van der Waals surface area contributed by atoms with Crippen LogP contribution in [0.5, 0.6) is 0 Å². The predicted octanol–water partition coefficient (Wildman–Crippen LogP) is 1.24. The number of hydrogen-bond donors (Lipinski definition) is 2. The van der Waals surface area contributed by atoms with Crippen LogP contribution in [0.25, 0.3) is 0 Å². The van der Waals surface area contributed by atoms with Gasteiger partial charge in [-0.3, -0.25) is 10.0 Å². The highest BCUT2D eigenvalue weighted by atomic mass is 32.1. The van der Waals surface area contributed by atoms with Gasteiger partial charge in [-0.25, -0.2) is 0 Å². The zero-order chi connectivity index (χ0) is 7.28. The number of amides is 1. The molecule has 9 heavy (non-hydrogen) atoms. The Kier molecular flexibility index (Phi) is 4.53. The third-order valence-electron chi connectivity index (χ3n) is 0.967. The van der Waals surface area contributed by atoms with Crippen LogP contribution in [-0.2, 0) is 4.79 Å². The molecule has 0 atom stereocenters. The topological polar surface area (TPSA) is 40.5 Å². The maximum absolute atomic E-state index is 10.5. The van der Waals surface area contributed by atoms with Gasteiger partial charge >= 0.3 is 0 Å². The van der Waals surface area contributed by atoms with Gasteiger partial charge in [-0.15, -0.1) is 0 Å². The number of nitrogens with zero attached hydrogens (tertiary/aromatic N) is 1. The van der Waals surface area contributed by atoms with Gasteiger partial charge in [0.2, 0.25) is 0 Å². The first-order chi connectivity index (χ1) is 4.18. The largest absolute Gasteiger partial charge is 0.275 e. The number of hydrogen-bond acceptors (Lipinski definition) is 3. The Bertz CT molecular complexity index is 95.0. The number of unbranched alkanes of at least 4 members (excludes halogenated alkanes) is 1. The van der Waals surface area contributed by atoms with E-state index in [9.17, 15) is 4.79 Å². The molecular formula is C5H11NO2S. The quantitative estimate of drug-likeness (QED) is 0.360.